The van der Waals surface area contributed by atoms with Gasteiger partial charge in [0, 0.05) is 18.1 Å². The minimum atomic E-state index is -0.816. The van der Waals surface area contributed by atoms with Gasteiger partial charge < -0.3 is 10.4 Å². The average molecular weight is 331 g/mol. The number of hydrogen-bond donors (Lipinski definition) is 2. The van der Waals surface area contributed by atoms with E-state index in [0.29, 0.717) is 28.8 Å². The van der Waals surface area contributed by atoms with Gasteiger partial charge in [-0.1, -0.05) is 30.1 Å². The van der Waals surface area contributed by atoms with Gasteiger partial charge in [-0.3, -0.25) is 14.5 Å². The molecule has 1 aromatic carbocycles. The van der Waals surface area contributed by atoms with Crippen molar-refractivity contribution in [2.24, 2.45) is 11.8 Å². The van der Waals surface area contributed by atoms with Crippen LogP contribution in [0.3, 0.4) is 0 Å². The molecular formula is C14H16Cl2N2O3. The standard InChI is InChI=1S/C14H16Cl2N2O3/c1-8-5-18(6-10(8)14(20)21)7-13(19)17-12-4-9(15)2-3-11(12)16/h2-4,8,10H,5-7H2,1H3,(H,17,19)(H,20,21). The van der Waals surface area contributed by atoms with Crippen LogP contribution in [0.25, 0.3) is 0 Å². The van der Waals surface area contributed by atoms with Gasteiger partial charge in [-0.15, -0.1) is 0 Å². The third kappa shape index (κ3) is 4.09. The van der Waals surface area contributed by atoms with E-state index in [1.165, 1.54) is 0 Å². The number of amides is 1. The van der Waals surface area contributed by atoms with Gasteiger partial charge in [0.25, 0.3) is 0 Å². The van der Waals surface area contributed by atoms with Crippen molar-refractivity contribution in [3.05, 3.63) is 28.2 Å². The molecule has 2 rings (SSSR count). The van der Waals surface area contributed by atoms with Crippen LogP contribution in [0, 0.1) is 11.8 Å². The van der Waals surface area contributed by atoms with Gasteiger partial charge in [0.05, 0.1) is 23.2 Å². The highest BCUT2D eigenvalue weighted by Crippen LogP contribution is 2.26. The summed E-state index contributed by atoms with van der Waals surface area (Å²) >= 11 is 11.8. The minimum Gasteiger partial charge on any atom is -0.481 e. The number of anilines is 1. The fourth-order valence-electron chi connectivity index (χ4n) is 2.50. The van der Waals surface area contributed by atoms with Crippen molar-refractivity contribution in [2.45, 2.75) is 6.92 Å². The Labute approximate surface area is 132 Å². The molecule has 1 saturated heterocycles. The van der Waals surface area contributed by atoms with Crippen LogP contribution in [0.15, 0.2) is 18.2 Å². The first-order valence-corrected chi connectivity index (χ1v) is 7.32. The fourth-order valence-corrected chi connectivity index (χ4v) is 2.84. The topological polar surface area (TPSA) is 69.6 Å². The molecule has 2 N–H and O–H groups in total. The molecule has 1 fully saturated rings. The highest BCUT2D eigenvalue weighted by atomic mass is 35.5. The van der Waals surface area contributed by atoms with Crippen molar-refractivity contribution in [2.75, 3.05) is 25.0 Å². The molecule has 1 amide bonds. The van der Waals surface area contributed by atoms with Crippen LogP contribution in [0.1, 0.15) is 6.92 Å². The summed E-state index contributed by atoms with van der Waals surface area (Å²) in [5, 5.41) is 12.7. The average Bonchev–Trinajstić information content (AvgIpc) is 2.74. The van der Waals surface area contributed by atoms with E-state index >= 15 is 0 Å². The molecule has 7 heteroatoms. The number of carboxylic acids is 1. The second-order valence-electron chi connectivity index (χ2n) is 5.29. The Bertz CT molecular complexity index is 565. The normalized spacial score (nSPS) is 22.2. The Balaban J connectivity index is 1.94. The first-order valence-electron chi connectivity index (χ1n) is 6.57. The van der Waals surface area contributed by atoms with Gasteiger partial charge in [-0.05, 0) is 24.1 Å². The van der Waals surface area contributed by atoms with Gasteiger partial charge in [-0.2, -0.15) is 0 Å². The van der Waals surface area contributed by atoms with Crippen LogP contribution >= 0.6 is 23.2 Å². The molecule has 0 saturated carbocycles. The number of halogens is 2. The summed E-state index contributed by atoms with van der Waals surface area (Å²) in [4.78, 5) is 24.9. The van der Waals surface area contributed by atoms with Gasteiger partial charge in [0.1, 0.15) is 0 Å². The summed E-state index contributed by atoms with van der Waals surface area (Å²) in [6.45, 7) is 2.99. The minimum absolute atomic E-state index is 0.0325. The summed E-state index contributed by atoms with van der Waals surface area (Å²) < 4.78 is 0. The summed E-state index contributed by atoms with van der Waals surface area (Å²) in [5.41, 5.74) is 0.455. The number of benzene rings is 1. The van der Waals surface area contributed by atoms with Crippen LogP contribution in [0.5, 0.6) is 0 Å². The molecule has 1 aliphatic rings. The Morgan fingerprint density at radius 2 is 2.10 bits per heavy atom. The number of carboxylic acid groups (broad SMARTS) is 1. The number of aliphatic carboxylic acids is 1. The maximum Gasteiger partial charge on any atom is 0.308 e. The highest BCUT2D eigenvalue weighted by Gasteiger charge is 2.35. The molecule has 0 spiro atoms. The van der Waals surface area contributed by atoms with Crippen LogP contribution < -0.4 is 5.32 Å². The smallest absolute Gasteiger partial charge is 0.308 e. The first-order chi connectivity index (χ1) is 9.86. The number of carbonyl (C=O) groups excluding carboxylic acids is 1. The Morgan fingerprint density at radius 1 is 1.38 bits per heavy atom. The summed E-state index contributed by atoms with van der Waals surface area (Å²) in [6.07, 6.45) is 0. The van der Waals surface area contributed by atoms with E-state index in [4.69, 9.17) is 28.3 Å². The van der Waals surface area contributed by atoms with Gasteiger partial charge in [0.2, 0.25) is 5.91 Å². The second kappa shape index (κ2) is 6.64. The van der Waals surface area contributed by atoms with E-state index in [1.54, 1.807) is 18.2 Å². The van der Waals surface area contributed by atoms with E-state index in [-0.39, 0.29) is 18.4 Å². The molecule has 0 aliphatic carbocycles. The molecule has 114 valence electrons. The third-order valence-corrected chi connectivity index (χ3v) is 4.14. The molecule has 1 heterocycles. The van der Waals surface area contributed by atoms with Crippen molar-refractivity contribution >= 4 is 40.8 Å². The monoisotopic (exact) mass is 330 g/mol. The van der Waals surface area contributed by atoms with Crippen LogP contribution in [0.4, 0.5) is 5.69 Å². The molecule has 21 heavy (non-hydrogen) atoms. The van der Waals surface area contributed by atoms with Gasteiger partial charge >= 0.3 is 5.97 Å². The molecule has 2 atom stereocenters. The Kier molecular flexibility index (Phi) is 5.08. The quantitative estimate of drug-likeness (QED) is 0.890. The lowest BCUT2D eigenvalue weighted by molar-refractivity contribution is -0.142. The molecule has 1 aromatic rings. The number of carbonyl (C=O) groups is 2. The summed E-state index contributed by atoms with van der Waals surface area (Å²) in [7, 11) is 0. The lowest BCUT2D eigenvalue weighted by atomic mass is 9.99. The second-order valence-corrected chi connectivity index (χ2v) is 6.13. The molecule has 0 aromatic heterocycles. The van der Waals surface area contributed by atoms with Crippen molar-refractivity contribution < 1.29 is 14.7 Å². The largest absolute Gasteiger partial charge is 0.481 e. The predicted molar refractivity (Wildman–Crippen MR) is 81.8 cm³/mol. The van der Waals surface area contributed by atoms with Crippen LogP contribution in [0.2, 0.25) is 10.0 Å². The molecule has 1 aliphatic heterocycles. The third-order valence-electron chi connectivity index (χ3n) is 3.57. The maximum atomic E-state index is 12.0. The summed E-state index contributed by atoms with van der Waals surface area (Å²) in [6, 6.07) is 4.82. The van der Waals surface area contributed by atoms with Gasteiger partial charge in [0.15, 0.2) is 0 Å². The van der Waals surface area contributed by atoms with Crippen molar-refractivity contribution in [3.63, 3.8) is 0 Å². The lowest BCUT2D eigenvalue weighted by Gasteiger charge is -2.15. The van der Waals surface area contributed by atoms with Crippen molar-refractivity contribution in [1.29, 1.82) is 0 Å². The van der Waals surface area contributed by atoms with E-state index < -0.39 is 11.9 Å². The fraction of sp³-hybridized carbons (Fsp3) is 0.429. The Hall–Kier alpha value is -1.30. The maximum absolute atomic E-state index is 12.0. The van der Waals surface area contributed by atoms with E-state index in [9.17, 15) is 9.59 Å². The number of hydrogen-bond acceptors (Lipinski definition) is 3. The van der Waals surface area contributed by atoms with Crippen molar-refractivity contribution in [3.8, 4) is 0 Å². The Morgan fingerprint density at radius 3 is 2.71 bits per heavy atom. The van der Waals surface area contributed by atoms with E-state index in [1.807, 2.05) is 11.8 Å². The SMILES string of the molecule is CC1CN(CC(=O)Nc2cc(Cl)ccc2Cl)CC1C(=O)O. The number of nitrogens with one attached hydrogen (secondary N) is 1. The predicted octanol–water partition coefficient (Wildman–Crippen LogP) is 2.58. The number of likely N-dealkylation sites (tertiary alicyclic amines) is 1. The zero-order valence-electron chi connectivity index (χ0n) is 11.5. The molecule has 5 nitrogen and oxygen atoms in total. The molecular weight excluding hydrogens is 315 g/mol. The highest BCUT2D eigenvalue weighted by molar-refractivity contribution is 6.35. The zero-order chi connectivity index (χ0) is 15.6. The van der Waals surface area contributed by atoms with Crippen molar-refractivity contribution in [1.82, 2.24) is 4.90 Å². The van der Waals surface area contributed by atoms with Gasteiger partial charge in [-0.25, -0.2) is 0 Å². The molecule has 0 bridgehead atoms. The number of nitrogens with zero attached hydrogens (tertiary/aromatic N) is 1. The van der Waals surface area contributed by atoms with E-state index in [0.717, 1.165) is 0 Å². The molecule has 2 unspecified atom stereocenters. The van der Waals surface area contributed by atoms with Crippen LogP contribution in [-0.2, 0) is 9.59 Å². The molecule has 0 radical (unpaired) electrons. The zero-order valence-corrected chi connectivity index (χ0v) is 13.0. The van der Waals surface area contributed by atoms with Crippen LogP contribution in [-0.4, -0.2) is 41.5 Å². The lowest BCUT2D eigenvalue weighted by Crippen LogP contribution is -2.32. The number of rotatable bonds is 4. The first kappa shape index (κ1) is 16.1. The van der Waals surface area contributed by atoms with E-state index in [2.05, 4.69) is 5.32 Å². The summed E-state index contributed by atoms with van der Waals surface area (Å²) in [5.74, 6) is -1.45.